The van der Waals surface area contributed by atoms with E-state index in [1.807, 2.05) is 0 Å². The van der Waals surface area contributed by atoms with Crippen molar-refractivity contribution < 1.29 is 19.1 Å². The molecular weight excluding hydrogens is 365 g/mol. The Labute approximate surface area is 155 Å². The molecule has 1 amide bonds. The summed E-state index contributed by atoms with van der Waals surface area (Å²) in [5.74, 6) is -0.408. The van der Waals surface area contributed by atoms with Gasteiger partial charge in [-0.3, -0.25) is 4.79 Å². The number of methoxy groups -OCH3 is 1. The maximum atomic E-state index is 11.8. The molecule has 7 heteroatoms. The molecule has 5 nitrogen and oxygen atoms in total. The molecule has 0 fully saturated rings. The van der Waals surface area contributed by atoms with Gasteiger partial charge in [0.15, 0.2) is 6.61 Å². The van der Waals surface area contributed by atoms with Crippen LogP contribution < -0.4 is 10.1 Å². The smallest absolute Gasteiger partial charge is 0.331 e. The topological polar surface area (TPSA) is 64.6 Å². The van der Waals surface area contributed by atoms with Crippen LogP contribution in [0, 0.1) is 0 Å². The average molecular weight is 380 g/mol. The van der Waals surface area contributed by atoms with Crippen molar-refractivity contribution in [3.63, 3.8) is 0 Å². The van der Waals surface area contributed by atoms with Gasteiger partial charge in [-0.25, -0.2) is 4.79 Å². The summed E-state index contributed by atoms with van der Waals surface area (Å²) in [5.41, 5.74) is 1.27. The van der Waals surface area contributed by atoms with E-state index in [0.717, 1.165) is 0 Å². The van der Waals surface area contributed by atoms with Gasteiger partial charge in [0.05, 0.1) is 17.2 Å². The zero-order valence-corrected chi connectivity index (χ0v) is 14.8. The number of hydrogen-bond donors (Lipinski definition) is 1. The Kier molecular flexibility index (Phi) is 6.86. The van der Waals surface area contributed by atoms with Crippen LogP contribution in [0.1, 0.15) is 5.56 Å². The number of nitrogens with one attached hydrogen (secondary N) is 1. The Hall–Kier alpha value is -2.50. The lowest BCUT2D eigenvalue weighted by atomic mass is 10.2. The highest BCUT2D eigenvalue weighted by atomic mass is 35.5. The minimum atomic E-state index is -0.643. The van der Waals surface area contributed by atoms with Gasteiger partial charge in [0.1, 0.15) is 5.75 Å². The summed E-state index contributed by atoms with van der Waals surface area (Å²) in [4.78, 5) is 23.4. The first-order valence-corrected chi connectivity index (χ1v) is 7.97. The summed E-state index contributed by atoms with van der Waals surface area (Å²) >= 11 is 11.7. The Bertz CT molecular complexity index is 788. The lowest BCUT2D eigenvalue weighted by Crippen LogP contribution is -2.20. The number of amides is 1. The minimum absolute atomic E-state index is 0.385. The fraction of sp³-hybridized carbons (Fsp3) is 0.111. The standard InChI is InChI=1S/C18H15Cl2NO4/c1-24-14-6-4-13(5-7-14)21-17(22)11-25-18(23)9-3-12-2-8-15(19)16(20)10-12/h2-10H,11H2,1H3,(H,21,22)/b9-3+. The molecule has 0 aromatic heterocycles. The SMILES string of the molecule is COc1ccc(NC(=O)COC(=O)/C=C/c2ccc(Cl)c(Cl)c2)cc1. The van der Waals surface area contributed by atoms with Gasteiger partial charge in [-0.1, -0.05) is 29.3 Å². The van der Waals surface area contributed by atoms with E-state index in [0.29, 0.717) is 27.0 Å². The van der Waals surface area contributed by atoms with E-state index in [2.05, 4.69) is 5.32 Å². The van der Waals surface area contributed by atoms with Crippen molar-refractivity contribution in [2.45, 2.75) is 0 Å². The van der Waals surface area contributed by atoms with Crippen molar-refractivity contribution in [1.82, 2.24) is 0 Å². The highest BCUT2D eigenvalue weighted by molar-refractivity contribution is 6.42. The molecule has 130 valence electrons. The second-order valence-electron chi connectivity index (χ2n) is 4.89. The molecule has 0 saturated carbocycles. The van der Waals surface area contributed by atoms with Crippen LogP contribution in [-0.4, -0.2) is 25.6 Å². The fourth-order valence-electron chi connectivity index (χ4n) is 1.84. The molecule has 0 bridgehead atoms. The summed E-state index contributed by atoms with van der Waals surface area (Å²) in [5, 5.41) is 3.42. The number of hydrogen-bond acceptors (Lipinski definition) is 4. The van der Waals surface area contributed by atoms with Crippen LogP contribution in [0.4, 0.5) is 5.69 Å². The second-order valence-corrected chi connectivity index (χ2v) is 5.71. The number of benzene rings is 2. The highest BCUT2D eigenvalue weighted by Gasteiger charge is 2.06. The van der Waals surface area contributed by atoms with E-state index >= 15 is 0 Å². The number of ether oxygens (including phenoxy) is 2. The molecule has 0 aliphatic rings. The maximum absolute atomic E-state index is 11.8. The molecule has 0 aliphatic carbocycles. The largest absolute Gasteiger partial charge is 0.497 e. The monoisotopic (exact) mass is 379 g/mol. The number of esters is 1. The molecule has 0 atom stereocenters. The third-order valence-electron chi connectivity index (χ3n) is 3.07. The molecule has 0 unspecified atom stereocenters. The Morgan fingerprint density at radius 2 is 1.80 bits per heavy atom. The van der Waals surface area contributed by atoms with Gasteiger partial charge in [-0.05, 0) is 48.0 Å². The predicted octanol–water partition coefficient (Wildman–Crippen LogP) is 4.20. The first kappa shape index (κ1) is 18.8. The molecule has 2 aromatic carbocycles. The number of rotatable bonds is 6. The minimum Gasteiger partial charge on any atom is -0.497 e. The van der Waals surface area contributed by atoms with Gasteiger partial charge >= 0.3 is 5.97 Å². The van der Waals surface area contributed by atoms with Crippen LogP contribution in [0.2, 0.25) is 10.0 Å². The highest BCUT2D eigenvalue weighted by Crippen LogP contribution is 2.23. The van der Waals surface area contributed by atoms with E-state index in [-0.39, 0.29) is 0 Å². The van der Waals surface area contributed by atoms with Crippen LogP contribution >= 0.6 is 23.2 Å². The summed E-state index contributed by atoms with van der Waals surface area (Å²) in [6.07, 6.45) is 2.73. The molecule has 2 aromatic rings. The molecule has 1 N–H and O–H groups in total. The number of halogens is 2. The fourth-order valence-corrected chi connectivity index (χ4v) is 2.14. The van der Waals surface area contributed by atoms with Crippen LogP contribution in [0.15, 0.2) is 48.5 Å². The Balaban J connectivity index is 1.81. The summed E-state index contributed by atoms with van der Waals surface area (Å²) in [6.45, 7) is -0.392. The van der Waals surface area contributed by atoms with Gasteiger partial charge in [-0.2, -0.15) is 0 Å². The molecule has 0 aliphatic heterocycles. The number of carbonyl (C=O) groups excluding carboxylic acids is 2. The molecule has 0 radical (unpaired) electrons. The normalized spacial score (nSPS) is 10.5. The van der Waals surface area contributed by atoms with E-state index in [1.54, 1.807) is 49.6 Å². The van der Waals surface area contributed by atoms with Crippen LogP contribution in [0.25, 0.3) is 6.08 Å². The second kappa shape index (κ2) is 9.11. The van der Waals surface area contributed by atoms with Crippen LogP contribution in [-0.2, 0) is 14.3 Å². The quantitative estimate of drug-likeness (QED) is 0.603. The number of anilines is 1. The van der Waals surface area contributed by atoms with Gasteiger partial charge in [0, 0.05) is 11.8 Å². The predicted molar refractivity (Wildman–Crippen MR) is 98.1 cm³/mol. The third-order valence-corrected chi connectivity index (χ3v) is 3.81. The maximum Gasteiger partial charge on any atom is 0.331 e. The summed E-state index contributed by atoms with van der Waals surface area (Å²) in [6, 6.07) is 11.7. The van der Waals surface area contributed by atoms with Crippen LogP contribution in [0.5, 0.6) is 5.75 Å². The van der Waals surface area contributed by atoms with Gasteiger partial charge in [-0.15, -0.1) is 0 Å². The summed E-state index contributed by atoms with van der Waals surface area (Å²) in [7, 11) is 1.55. The van der Waals surface area contributed by atoms with Crippen molar-refractivity contribution in [3.05, 3.63) is 64.1 Å². The summed E-state index contributed by atoms with van der Waals surface area (Å²) < 4.78 is 9.90. The van der Waals surface area contributed by atoms with Crippen molar-refractivity contribution >= 4 is 46.8 Å². The molecule has 25 heavy (non-hydrogen) atoms. The Morgan fingerprint density at radius 1 is 1.08 bits per heavy atom. The van der Waals surface area contributed by atoms with Crippen molar-refractivity contribution in [1.29, 1.82) is 0 Å². The lowest BCUT2D eigenvalue weighted by Gasteiger charge is -2.06. The zero-order chi connectivity index (χ0) is 18.2. The van der Waals surface area contributed by atoms with E-state index < -0.39 is 18.5 Å². The zero-order valence-electron chi connectivity index (χ0n) is 13.3. The first-order valence-electron chi connectivity index (χ1n) is 7.22. The Morgan fingerprint density at radius 3 is 2.44 bits per heavy atom. The van der Waals surface area contributed by atoms with Gasteiger partial charge < -0.3 is 14.8 Å². The molecule has 0 spiro atoms. The number of carbonyl (C=O) groups is 2. The molecule has 0 saturated heterocycles. The first-order chi connectivity index (χ1) is 12.0. The third kappa shape index (κ3) is 6.14. The average Bonchev–Trinajstić information content (AvgIpc) is 2.61. The molecular formula is C18H15Cl2NO4. The van der Waals surface area contributed by atoms with Crippen molar-refractivity contribution in [2.75, 3.05) is 19.0 Å². The van der Waals surface area contributed by atoms with E-state index in [4.69, 9.17) is 32.7 Å². The molecule has 2 rings (SSSR count). The lowest BCUT2D eigenvalue weighted by molar-refractivity contribution is -0.142. The van der Waals surface area contributed by atoms with Crippen molar-refractivity contribution in [2.24, 2.45) is 0 Å². The van der Waals surface area contributed by atoms with E-state index in [1.165, 1.54) is 12.2 Å². The van der Waals surface area contributed by atoms with E-state index in [9.17, 15) is 9.59 Å². The van der Waals surface area contributed by atoms with Crippen LogP contribution in [0.3, 0.4) is 0 Å². The van der Waals surface area contributed by atoms with Gasteiger partial charge in [0.2, 0.25) is 0 Å². The van der Waals surface area contributed by atoms with Gasteiger partial charge in [0.25, 0.3) is 5.91 Å². The van der Waals surface area contributed by atoms with Crippen molar-refractivity contribution in [3.8, 4) is 5.75 Å². The molecule has 0 heterocycles.